The summed E-state index contributed by atoms with van der Waals surface area (Å²) >= 11 is 0. The molecule has 0 fully saturated rings. The number of hydrogen-bond acceptors (Lipinski definition) is 6. The van der Waals surface area contributed by atoms with Crippen molar-refractivity contribution in [1.29, 1.82) is 0 Å². The summed E-state index contributed by atoms with van der Waals surface area (Å²) in [7, 11) is 0. The van der Waals surface area contributed by atoms with Gasteiger partial charge in [-0.1, -0.05) is 0 Å². The first-order chi connectivity index (χ1) is 10.0. The summed E-state index contributed by atoms with van der Waals surface area (Å²) in [5.74, 6) is -0.139. The Morgan fingerprint density at radius 1 is 1.14 bits per heavy atom. The third-order valence-corrected chi connectivity index (χ3v) is 3.25. The van der Waals surface area contributed by atoms with Crippen LogP contribution in [0.25, 0.3) is 0 Å². The minimum Gasteiger partial charge on any atom is -0.346 e. The largest absolute Gasteiger partial charge is 0.451 e. The molecule has 0 radical (unpaired) electrons. The van der Waals surface area contributed by atoms with Crippen LogP contribution >= 0.6 is 0 Å². The Morgan fingerprint density at radius 2 is 1.90 bits per heavy atom. The quantitative estimate of drug-likeness (QED) is 0.872. The molecule has 0 amide bonds. The van der Waals surface area contributed by atoms with Crippen LogP contribution < -0.4 is 10.6 Å². The van der Waals surface area contributed by atoms with Crippen LogP contribution in [0.4, 0.5) is 19.0 Å². The van der Waals surface area contributed by atoms with Crippen molar-refractivity contribution in [3.8, 4) is 0 Å². The number of nitrogens with zero attached hydrogens (tertiary/aromatic N) is 6. The molecule has 1 aliphatic heterocycles. The molecule has 0 aliphatic carbocycles. The number of halogens is 3. The Morgan fingerprint density at radius 3 is 2.62 bits per heavy atom. The van der Waals surface area contributed by atoms with Crippen LogP contribution in [-0.2, 0) is 25.8 Å². The highest BCUT2D eigenvalue weighted by molar-refractivity contribution is 5.43. The van der Waals surface area contributed by atoms with E-state index < -0.39 is 12.0 Å². The van der Waals surface area contributed by atoms with Crippen LogP contribution in [0.2, 0.25) is 0 Å². The van der Waals surface area contributed by atoms with Gasteiger partial charge in [-0.25, -0.2) is 4.98 Å². The predicted molar refractivity (Wildman–Crippen MR) is 66.0 cm³/mol. The fraction of sp³-hybridized carbons (Fsp3) is 0.455. The first-order valence-electron chi connectivity index (χ1n) is 6.25. The van der Waals surface area contributed by atoms with Gasteiger partial charge in [-0.3, -0.25) is 4.98 Å². The zero-order chi connectivity index (χ0) is 15.0. The molecule has 2 aromatic rings. The van der Waals surface area contributed by atoms with Crippen molar-refractivity contribution >= 4 is 5.82 Å². The molecule has 2 aromatic heterocycles. The number of aromatic nitrogens is 5. The summed E-state index contributed by atoms with van der Waals surface area (Å²) in [6.07, 6.45) is -1.45. The van der Waals surface area contributed by atoms with E-state index in [1.807, 2.05) is 0 Å². The van der Waals surface area contributed by atoms with Crippen molar-refractivity contribution in [2.75, 3.05) is 11.4 Å². The Balaban J connectivity index is 1.90. The lowest BCUT2D eigenvalue weighted by atomic mass is 10.3. The molecule has 1 aliphatic rings. The lowest BCUT2D eigenvalue weighted by molar-refractivity contribution is -0.147. The summed E-state index contributed by atoms with van der Waals surface area (Å²) in [6.45, 7) is 0.895. The van der Waals surface area contributed by atoms with E-state index in [-0.39, 0.29) is 25.5 Å². The van der Waals surface area contributed by atoms with Gasteiger partial charge in [-0.05, 0) is 0 Å². The maximum absolute atomic E-state index is 12.8. The minimum absolute atomic E-state index is 0.137. The number of alkyl halides is 3. The summed E-state index contributed by atoms with van der Waals surface area (Å²) in [5.41, 5.74) is 6.20. The zero-order valence-corrected chi connectivity index (χ0v) is 10.9. The number of nitrogens with two attached hydrogens (primary N) is 1. The molecule has 3 rings (SSSR count). The molecule has 0 unspecified atom stereocenters. The van der Waals surface area contributed by atoms with Crippen LogP contribution in [0, 0.1) is 0 Å². The van der Waals surface area contributed by atoms with Gasteiger partial charge in [0.2, 0.25) is 5.82 Å². The fourth-order valence-corrected chi connectivity index (χ4v) is 2.32. The second-order valence-electron chi connectivity index (χ2n) is 4.54. The van der Waals surface area contributed by atoms with E-state index >= 15 is 0 Å². The van der Waals surface area contributed by atoms with Crippen molar-refractivity contribution in [3.05, 3.63) is 29.7 Å². The molecular formula is C11H12F3N7. The van der Waals surface area contributed by atoms with E-state index in [4.69, 9.17) is 5.73 Å². The summed E-state index contributed by atoms with van der Waals surface area (Å²) in [5, 5.41) is 6.87. The summed E-state index contributed by atoms with van der Waals surface area (Å²) in [6, 6.07) is 0. The summed E-state index contributed by atoms with van der Waals surface area (Å²) < 4.78 is 39.4. The average Bonchev–Trinajstić information content (AvgIpc) is 2.90. The van der Waals surface area contributed by atoms with E-state index in [1.54, 1.807) is 4.90 Å². The lowest BCUT2D eigenvalue weighted by Crippen LogP contribution is -2.36. The van der Waals surface area contributed by atoms with Crippen molar-refractivity contribution in [1.82, 2.24) is 24.7 Å². The molecule has 7 nitrogen and oxygen atoms in total. The Labute approximate surface area is 117 Å². The third kappa shape index (κ3) is 2.42. The van der Waals surface area contributed by atoms with Gasteiger partial charge in [0, 0.05) is 32.0 Å². The smallest absolute Gasteiger partial charge is 0.346 e. The molecule has 0 atom stereocenters. The molecule has 2 N–H and O–H groups in total. The monoisotopic (exact) mass is 299 g/mol. The van der Waals surface area contributed by atoms with Crippen molar-refractivity contribution in [2.24, 2.45) is 5.73 Å². The molecular weight excluding hydrogens is 287 g/mol. The number of fused-ring (bicyclic) bond motifs is 1. The second kappa shape index (κ2) is 4.95. The Hall–Kier alpha value is -2.23. The van der Waals surface area contributed by atoms with Crippen LogP contribution in [0.5, 0.6) is 0 Å². The van der Waals surface area contributed by atoms with Gasteiger partial charge in [0.25, 0.3) is 0 Å². The SMILES string of the molecule is NCc1nccnc1N1CCn2c(nnc2C(F)(F)F)C1. The van der Waals surface area contributed by atoms with Crippen LogP contribution in [0.1, 0.15) is 17.3 Å². The maximum atomic E-state index is 12.8. The molecule has 0 aromatic carbocycles. The molecule has 3 heterocycles. The van der Waals surface area contributed by atoms with E-state index in [0.717, 1.165) is 4.57 Å². The predicted octanol–water partition coefficient (Wildman–Crippen LogP) is 0.566. The van der Waals surface area contributed by atoms with E-state index in [1.165, 1.54) is 12.4 Å². The molecule has 0 saturated heterocycles. The number of anilines is 1. The van der Waals surface area contributed by atoms with Crippen molar-refractivity contribution in [3.63, 3.8) is 0 Å². The third-order valence-electron chi connectivity index (χ3n) is 3.25. The van der Waals surface area contributed by atoms with Gasteiger partial charge < -0.3 is 15.2 Å². The normalized spacial score (nSPS) is 15.1. The molecule has 112 valence electrons. The average molecular weight is 299 g/mol. The Bertz CT molecular complexity index is 652. The zero-order valence-electron chi connectivity index (χ0n) is 10.9. The highest BCUT2D eigenvalue weighted by atomic mass is 19.4. The molecule has 0 bridgehead atoms. The van der Waals surface area contributed by atoms with Crippen molar-refractivity contribution < 1.29 is 13.2 Å². The van der Waals surface area contributed by atoms with E-state index in [0.29, 0.717) is 18.1 Å². The summed E-state index contributed by atoms with van der Waals surface area (Å²) in [4.78, 5) is 10.1. The number of hydrogen-bond donors (Lipinski definition) is 1. The molecule has 0 saturated carbocycles. The molecule has 10 heteroatoms. The van der Waals surface area contributed by atoms with Gasteiger partial charge >= 0.3 is 6.18 Å². The van der Waals surface area contributed by atoms with Crippen LogP contribution in [0.15, 0.2) is 12.4 Å². The number of rotatable bonds is 2. The second-order valence-corrected chi connectivity index (χ2v) is 4.54. The van der Waals surface area contributed by atoms with E-state index in [2.05, 4.69) is 20.2 Å². The lowest BCUT2D eigenvalue weighted by Gasteiger charge is -2.29. The Kier molecular flexibility index (Phi) is 3.24. The molecule has 0 spiro atoms. The van der Waals surface area contributed by atoms with Crippen molar-refractivity contribution in [2.45, 2.75) is 25.8 Å². The van der Waals surface area contributed by atoms with Gasteiger partial charge in [0.1, 0.15) is 0 Å². The first-order valence-corrected chi connectivity index (χ1v) is 6.25. The van der Waals surface area contributed by atoms with Gasteiger partial charge in [-0.2, -0.15) is 13.2 Å². The molecule has 21 heavy (non-hydrogen) atoms. The highest BCUT2D eigenvalue weighted by Gasteiger charge is 2.39. The maximum Gasteiger partial charge on any atom is 0.451 e. The van der Waals surface area contributed by atoms with Crippen LogP contribution in [-0.4, -0.2) is 31.3 Å². The highest BCUT2D eigenvalue weighted by Crippen LogP contribution is 2.30. The standard InChI is InChI=1S/C11H12F3N7/c12-11(13,14)10-19-18-8-6-20(3-4-21(8)10)9-7(5-15)16-1-2-17-9/h1-2H,3-6,15H2. The van der Waals surface area contributed by atoms with Gasteiger partial charge in [-0.15, -0.1) is 10.2 Å². The minimum atomic E-state index is -4.50. The fourth-order valence-electron chi connectivity index (χ4n) is 2.32. The van der Waals surface area contributed by atoms with Gasteiger partial charge in [0.05, 0.1) is 12.2 Å². The topological polar surface area (TPSA) is 85.8 Å². The van der Waals surface area contributed by atoms with Gasteiger partial charge in [0.15, 0.2) is 11.6 Å². The van der Waals surface area contributed by atoms with E-state index in [9.17, 15) is 13.2 Å². The first kappa shape index (κ1) is 13.7. The van der Waals surface area contributed by atoms with Crippen LogP contribution in [0.3, 0.4) is 0 Å².